The first-order chi connectivity index (χ1) is 8.12. The van der Waals surface area contributed by atoms with Gasteiger partial charge in [-0.15, -0.1) is 0 Å². The standard InChI is InChI=1S/C12H17F2NO2/c1-4-15-11(12(13)14)8-5-9(16-2)7-10(6-8)17-3/h5-7,11-12,15H,4H2,1-3H3. The van der Waals surface area contributed by atoms with E-state index in [1.54, 1.807) is 25.1 Å². The van der Waals surface area contributed by atoms with Crippen LogP contribution in [0.5, 0.6) is 11.5 Å². The van der Waals surface area contributed by atoms with Crippen LogP contribution in [0.2, 0.25) is 0 Å². The van der Waals surface area contributed by atoms with Gasteiger partial charge >= 0.3 is 0 Å². The van der Waals surface area contributed by atoms with Gasteiger partial charge in [0.05, 0.1) is 20.3 Å². The molecule has 0 radical (unpaired) electrons. The summed E-state index contributed by atoms with van der Waals surface area (Å²) in [6.45, 7) is 2.25. The zero-order valence-electron chi connectivity index (χ0n) is 10.2. The number of halogens is 2. The Bertz CT molecular complexity index is 336. The molecule has 0 heterocycles. The van der Waals surface area contributed by atoms with Crippen LogP contribution < -0.4 is 14.8 Å². The van der Waals surface area contributed by atoms with Gasteiger partial charge in [0, 0.05) is 6.07 Å². The topological polar surface area (TPSA) is 30.5 Å². The lowest BCUT2D eigenvalue weighted by molar-refractivity contribution is 0.0991. The summed E-state index contributed by atoms with van der Waals surface area (Å²) in [7, 11) is 2.98. The Morgan fingerprint density at radius 3 is 2.00 bits per heavy atom. The van der Waals surface area contributed by atoms with Crippen LogP contribution >= 0.6 is 0 Å². The van der Waals surface area contributed by atoms with Gasteiger partial charge in [0.15, 0.2) is 0 Å². The van der Waals surface area contributed by atoms with E-state index in [4.69, 9.17) is 9.47 Å². The van der Waals surface area contributed by atoms with Gasteiger partial charge in [-0.05, 0) is 24.2 Å². The first kappa shape index (κ1) is 13.7. The van der Waals surface area contributed by atoms with Crippen LogP contribution in [0.4, 0.5) is 8.78 Å². The monoisotopic (exact) mass is 245 g/mol. The quantitative estimate of drug-likeness (QED) is 0.835. The highest BCUT2D eigenvalue weighted by molar-refractivity contribution is 5.40. The molecule has 0 amide bonds. The zero-order valence-corrected chi connectivity index (χ0v) is 10.2. The number of nitrogens with one attached hydrogen (secondary N) is 1. The molecule has 5 heteroatoms. The molecule has 0 aliphatic heterocycles. The first-order valence-electron chi connectivity index (χ1n) is 5.36. The highest BCUT2D eigenvalue weighted by atomic mass is 19.3. The maximum Gasteiger partial charge on any atom is 0.257 e. The summed E-state index contributed by atoms with van der Waals surface area (Å²) >= 11 is 0. The minimum absolute atomic E-state index is 0.457. The van der Waals surface area contributed by atoms with Crippen LogP contribution in [0.1, 0.15) is 18.5 Å². The predicted octanol–water partition coefficient (Wildman–Crippen LogP) is 2.62. The van der Waals surface area contributed by atoms with E-state index in [-0.39, 0.29) is 0 Å². The van der Waals surface area contributed by atoms with Crippen LogP contribution in [0, 0.1) is 0 Å². The van der Waals surface area contributed by atoms with Gasteiger partial charge in [0.1, 0.15) is 11.5 Å². The van der Waals surface area contributed by atoms with Crippen LogP contribution in [0.3, 0.4) is 0 Å². The Labute approximate surface area is 99.7 Å². The van der Waals surface area contributed by atoms with Crippen LogP contribution in [-0.4, -0.2) is 27.2 Å². The molecule has 0 aliphatic carbocycles. The highest BCUT2D eigenvalue weighted by Crippen LogP contribution is 2.29. The fraction of sp³-hybridized carbons (Fsp3) is 0.500. The van der Waals surface area contributed by atoms with Crippen molar-refractivity contribution >= 4 is 0 Å². The molecule has 1 aromatic carbocycles. The normalized spacial score (nSPS) is 12.6. The summed E-state index contributed by atoms with van der Waals surface area (Å²) in [5.41, 5.74) is 0.457. The number of rotatable bonds is 6. The van der Waals surface area contributed by atoms with Gasteiger partial charge in [-0.25, -0.2) is 8.78 Å². The Morgan fingerprint density at radius 2 is 1.65 bits per heavy atom. The van der Waals surface area contributed by atoms with Gasteiger partial charge in [-0.3, -0.25) is 0 Å². The van der Waals surface area contributed by atoms with E-state index < -0.39 is 12.5 Å². The van der Waals surface area contributed by atoms with Gasteiger partial charge in [-0.2, -0.15) is 0 Å². The predicted molar refractivity (Wildman–Crippen MR) is 62.0 cm³/mol. The molecular weight excluding hydrogens is 228 g/mol. The molecule has 96 valence electrons. The fourth-order valence-corrected chi connectivity index (χ4v) is 1.58. The molecule has 17 heavy (non-hydrogen) atoms. The molecule has 1 aromatic rings. The smallest absolute Gasteiger partial charge is 0.257 e. The maximum atomic E-state index is 12.9. The molecule has 3 nitrogen and oxygen atoms in total. The number of benzene rings is 1. The summed E-state index contributed by atoms with van der Waals surface area (Å²) in [6, 6.07) is 3.81. The second-order valence-corrected chi connectivity index (χ2v) is 3.52. The van der Waals surface area contributed by atoms with Gasteiger partial charge < -0.3 is 14.8 Å². The summed E-state index contributed by atoms with van der Waals surface area (Å²) < 4.78 is 35.9. The zero-order chi connectivity index (χ0) is 12.8. The largest absolute Gasteiger partial charge is 0.497 e. The number of methoxy groups -OCH3 is 2. The van der Waals surface area contributed by atoms with Crippen LogP contribution in [0.25, 0.3) is 0 Å². The third kappa shape index (κ3) is 3.56. The van der Waals surface area contributed by atoms with Crippen molar-refractivity contribution in [3.63, 3.8) is 0 Å². The lowest BCUT2D eigenvalue weighted by Crippen LogP contribution is -2.27. The lowest BCUT2D eigenvalue weighted by Gasteiger charge is -2.18. The number of ether oxygens (including phenoxy) is 2. The minimum Gasteiger partial charge on any atom is -0.497 e. The van der Waals surface area contributed by atoms with Crippen LogP contribution in [0.15, 0.2) is 18.2 Å². The molecule has 0 fully saturated rings. The number of hydrogen-bond donors (Lipinski definition) is 1. The van der Waals surface area contributed by atoms with Crippen molar-refractivity contribution in [1.29, 1.82) is 0 Å². The summed E-state index contributed by atoms with van der Waals surface area (Å²) in [5.74, 6) is 1.01. The third-order valence-electron chi connectivity index (χ3n) is 2.41. The summed E-state index contributed by atoms with van der Waals surface area (Å²) in [5, 5.41) is 2.74. The summed E-state index contributed by atoms with van der Waals surface area (Å²) in [4.78, 5) is 0. The Balaban J connectivity index is 3.08. The van der Waals surface area contributed by atoms with Crippen molar-refractivity contribution in [3.05, 3.63) is 23.8 Å². The van der Waals surface area contributed by atoms with Crippen molar-refractivity contribution in [1.82, 2.24) is 5.32 Å². The number of hydrogen-bond acceptors (Lipinski definition) is 3. The maximum absolute atomic E-state index is 12.9. The molecule has 1 atom stereocenters. The molecule has 0 bridgehead atoms. The molecule has 0 saturated carbocycles. The van der Waals surface area contributed by atoms with Gasteiger partial charge in [0.25, 0.3) is 6.43 Å². The van der Waals surface area contributed by atoms with Crippen molar-refractivity contribution < 1.29 is 18.3 Å². The van der Waals surface area contributed by atoms with Gasteiger partial charge in [0.2, 0.25) is 0 Å². The molecule has 1 N–H and O–H groups in total. The van der Waals surface area contributed by atoms with E-state index in [1.165, 1.54) is 14.2 Å². The van der Waals surface area contributed by atoms with Crippen molar-refractivity contribution in [2.45, 2.75) is 19.4 Å². The SMILES string of the molecule is CCNC(c1cc(OC)cc(OC)c1)C(F)F. The van der Waals surface area contributed by atoms with E-state index >= 15 is 0 Å². The van der Waals surface area contributed by atoms with Gasteiger partial charge in [-0.1, -0.05) is 6.92 Å². The average Bonchev–Trinajstić information content (AvgIpc) is 2.34. The van der Waals surface area contributed by atoms with E-state index in [0.29, 0.717) is 23.6 Å². The molecule has 1 unspecified atom stereocenters. The minimum atomic E-state index is -2.48. The van der Waals surface area contributed by atoms with E-state index in [2.05, 4.69) is 5.32 Å². The number of alkyl halides is 2. The third-order valence-corrected chi connectivity index (χ3v) is 2.41. The van der Waals surface area contributed by atoms with Crippen molar-refractivity contribution in [2.75, 3.05) is 20.8 Å². The molecule has 0 saturated heterocycles. The summed E-state index contributed by atoms with van der Waals surface area (Å²) in [6.07, 6.45) is -2.48. The van der Waals surface area contributed by atoms with E-state index in [1.807, 2.05) is 0 Å². The van der Waals surface area contributed by atoms with Crippen LogP contribution in [-0.2, 0) is 0 Å². The Kier molecular flexibility index (Phi) is 5.15. The van der Waals surface area contributed by atoms with Crippen molar-refractivity contribution in [3.8, 4) is 11.5 Å². The first-order valence-corrected chi connectivity index (χ1v) is 5.36. The fourth-order valence-electron chi connectivity index (χ4n) is 1.58. The average molecular weight is 245 g/mol. The Morgan fingerprint density at radius 1 is 1.12 bits per heavy atom. The molecule has 0 aromatic heterocycles. The molecule has 0 spiro atoms. The second kappa shape index (κ2) is 6.39. The van der Waals surface area contributed by atoms with Crippen molar-refractivity contribution in [2.24, 2.45) is 0 Å². The highest BCUT2D eigenvalue weighted by Gasteiger charge is 2.22. The van der Waals surface area contributed by atoms with E-state index in [9.17, 15) is 8.78 Å². The van der Waals surface area contributed by atoms with E-state index in [0.717, 1.165) is 0 Å². The molecular formula is C12H17F2NO2. The Hall–Kier alpha value is -1.36. The molecule has 1 rings (SSSR count). The second-order valence-electron chi connectivity index (χ2n) is 3.52. The lowest BCUT2D eigenvalue weighted by atomic mass is 10.1. The molecule has 0 aliphatic rings.